The largest absolute Gasteiger partial charge is 0.490 e. The van der Waals surface area contributed by atoms with Crippen LogP contribution in [0.5, 0.6) is 5.75 Å². The molecule has 1 aliphatic heterocycles. The lowest BCUT2D eigenvalue weighted by molar-refractivity contribution is -0.124. The number of carbonyl (C=O) groups excluding carboxylic acids is 3. The molecule has 2 N–H and O–H groups in total. The minimum atomic E-state index is -0.445. The molecule has 0 radical (unpaired) electrons. The molecule has 0 aliphatic carbocycles. The van der Waals surface area contributed by atoms with Crippen LogP contribution in [0.2, 0.25) is 0 Å². The maximum absolute atomic E-state index is 12.0. The van der Waals surface area contributed by atoms with E-state index in [1.807, 2.05) is 0 Å². The Bertz CT molecular complexity index is 576. The van der Waals surface area contributed by atoms with Gasteiger partial charge in [-0.05, 0) is 6.07 Å². The molecule has 2 rings (SSSR count). The van der Waals surface area contributed by atoms with Crippen LogP contribution in [0.1, 0.15) is 10.4 Å². The van der Waals surface area contributed by atoms with Crippen molar-refractivity contribution in [2.24, 2.45) is 0 Å². The van der Waals surface area contributed by atoms with Crippen LogP contribution in [-0.4, -0.2) is 67.7 Å². The molecule has 1 aliphatic rings. The molecule has 23 heavy (non-hydrogen) atoms. The normalized spacial score (nSPS) is 13.9. The zero-order valence-electron chi connectivity index (χ0n) is 12.7. The van der Waals surface area contributed by atoms with Crippen molar-refractivity contribution in [2.75, 3.05) is 40.0 Å². The van der Waals surface area contributed by atoms with E-state index in [4.69, 9.17) is 9.47 Å². The van der Waals surface area contributed by atoms with Gasteiger partial charge in [0.05, 0.1) is 24.9 Å². The average molecular weight is 322 g/mol. The number of rotatable bonds is 8. The second-order valence-corrected chi connectivity index (χ2v) is 4.71. The molecule has 0 atom stereocenters. The summed E-state index contributed by atoms with van der Waals surface area (Å²) in [5.74, 6) is -0.204. The molecule has 9 nitrogen and oxygen atoms in total. The Kier molecular flexibility index (Phi) is 5.87. The maximum atomic E-state index is 12.0. The van der Waals surface area contributed by atoms with E-state index in [-0.39, 0.29) is 31.4 Å². The average Bonchev–Trinajstić information content (AvgIpc) is 2.87. The van der Waals surface area contributed by atoms with Gasteiger partial charge in [-0.15, -0.1) is 0 Å². The van der Waals surface area contributed by atoms with E-state index in [0.717, 1.165) is 4.90 Å². The third-order valence-corrected chi connectivity index (χ3v) is 3.09. The number of nitrogens with one attached hydrogen (secondary N) is 2. The van der Waals surface area contributed by atoms with Crippen molar-refractivity contribution in [2.45, 2.75) is 0 Å². The highest BCUT2D eigenvalue weighted by molar-refractivity contribution is 6.02. The fourth-order valence-electron chi connectivity index (χ4n) is 1.93. The highest BCUT2D eigenvalue weighted by Crippen LogP contribution is 2.11. The fourth-order valence-corrected chi connectivity index (χ4v) is 1.93. The standard InChI is InChI=1S/C14H18N4O5/c1-22-4-5-23-11-6-10(7-15-8-11)13(20)16-2-3-18-12(19)9-17-14(18)21/h6-8H,2-5,9H2,1H3,(H,16,20)(H,17,21). The van der Waals surface area contributed by atoms with Crippen LogP contribution in [0.15, 0.2) is 18.5 Å². The minimum Gasteiger partial charge on any atom is -0.490 e. The predicted molar refractivity (Wildman–Crippen MR) is 79.1 cm³/mol. The summed E-state index contributed by atoms with van der Waals surface area (Å²) < 4.78 is 10.2. The molecule has 2 heterocycles. The number of aromatic nitrogens is 1. The molecule has 1 saturated heterocycles. The number of nitrogens with zero attached hydrogens (tertiary/aromatic N) is 2. The highest BCUT2D eigenvalue weighted by Gasteiger charge is 2.27. The number of urea groups is 1. The molecule has 0 bridgehead atoms. The Morgan fingerprint density at radius 2 is 2.22 bits per heavy atom. The molecule has 1 fully saturated rings. The first-order chi connectivity index (χ1) is 11.1. The van der Waals surface area contributed by atoms with Gasteiger partial charge in [0.25, 0.3) is 5.91 Å². The Morgan fingerprint density at radius 3 is 2.91 bits per heavy atom. The van der Waals surface area contributed by atoms with Gasteiger partial charge < -0.3 is 20.1 Å². The molecule has 0 saturated carbocycles. The molecule has 9 heteroatoms. The minimum absolute atomic E-state index is 0.00242. The van der Waals surface area contributed by atoms with Gasteiger partial charge in [-0.1, -0.05) is 0 Å². The van der Waals surface area contributed by atoms with Crippen molar-refractivity contribution >= 4 is 17.8 Å². The van der Waals surface area contributed by atoms with Gasteiger partial charge in [0.1, 0.15) is 12.4 Å². The summed E-state index contributed by atoms with van der Waals surface area (Å²) >= 11 is 0. The Labute approximate surface area is 133 Å². The monoisotopic (exact) mass is 322 g/mol. The summed E-state index contributed by atoms with van der Waals surface area (Å²) in [5, 5.41) is 5.04. The van der Waals surface area contributed by atoms with Gasteiger partial charge in [-0.25, -0.2) is 4.79 Å². The third-order valence-electron chi connectivity index (χ3n) is 3.09. The lowest BCUT2D eigenvalue weighted by Crippen LogP contribution is -2.38. The van der Waals surface area contributed by atoms with Gasteiger partial charge >= 0.3 is 6.03 Å². The van der Waals surface area contributed by atoms with E-state index in [2.05, 4.69) is 15.6 Å². The van der Waals surface area contributed by atoms with Crippen LogP contribution in [-0.2, 0) is 9.53 Å². The molecule has 0 aromatic carbocycles. The number of amides is 4. The van der Waals surface area contributed by atoms with Crippen LogP contribution in [0.4, 0.5) is 4.79 Å². The Hall–Kier alpha value is -2.68. The molecule has 4 amide bonds. The topological polar surface area (TPSA) is 110 Å². The first-order valence-corrected chi connectivity index (χ1v) is 7.05. The molecule has 0 spiro atoms. The summed E-state index contributed by atoms with van der Waals surface area (Å²) in [5.41, 5.74) is 0.331. The number of methoxy groups -OCH3 is 1. The van der Waals surface area contributed by atoms with Crippen molar-refractivity contribution < 1.29 is 23.9 Å². The van der Waals surface area contributed by atoms with Crippen molar-refractivity contribution in [3.63, 3.8) is 0 Å². The summed E-state index contributed by atoms with van der Waals surface area (Å²) in [4.78, 5) is 39.8. The Morgan fingerprint density at radius 1 is 1.39 bits per heavy atom. The van der Waals surface area contributed by atoms with Gasteiger partial charge in [0, 0.05) is 26.4 Å². The second-order valence-electron chi connectivity index (χ2n) is 4.71. The summed E-state index contributed by atoms with van der Waals surface area (Å²) in [6, 6.07) is 1.12. The first-order valence-electron chi connectivity index (χ1n) is 7.05. The highest BCUT2D eigenvalue weighted by atomic mass is 16.5. The predicted octanol–water partition coefficient (Wildman–Crippen LogP) is -0.612. The van der Waals surface area contributed by atoms with Gasteiger partial charge in [-0.2, -0.15) is 0 Å². The van der Waals surface area contributed by atoms with Crippen molar-refractivity contribution in [1.82, 2.24) is 20.5 Å². The number of carbonyl (C=O) groups is 3. The SMILES string of the molecule is COCCOc1cncc(C(=O)NCCN2C(=O)CNC2=O)c1. The van der Waals surface area contributed by atoms with E-state index in [9.17, 15) is 14.4 Å². The quantitative estimate of drug-likeness (QED) is 0.488. The zero-order valence-corrected chi connectivity index (χ0v) is 12.7. The molecular formula is C14H18N4O5. The van der Waals surface area contributed by atoms with Crippen LogP contribution >= 0.6 is 0 Å². The number of hydrogen-bond acceptors (Lipinski definition) is 6. The third kappa shape index (κ3) is 4.65. The lowest BCUT2D eigenvalue weighted by Gasteiger charge is -2.13. The summed E-state index contributed by atoms with van der Waals surface area (Å²) in [6.07, 6.45) is 2.91. The molecule has 1 aromatic heterocycles. The van der Waals surface area contributed by atoms with Gasteiger partial charge in [0.2, 0.25) is 5.91 Å². The fraction of sp³-hybridized carbons (Fsp3) is 0.429. The zero-order chi connectivity index (χ0) is 16.7. The van der Waals surface area contributed by atoms with Crippen LogP contribution in [0, 0.1) is 0 Å². The van der Waals surface area contributed by atoms with E-state index in [1.165, 1.54) is 12.4 Å². The van der Waals surface area contributed by atoms with Crippen molar-refractivity contribution in [3.8, 4) is 5.75 Å². The Balaban J connectivity index is 1.82. The molecule has 124 valence electrons. The van der Waals surface area contributed by atoms with Crippen molar-refractivity contribution in [3.05, 3.63) is 24.0 Å². The van der Waals surface area contributed by atoms with Crippen LogP contribution in [0.25, 0.3) is 0 Å². The molecule has 1 aromatic rings. The summed E-state index contributed by atoms with van der Waals surface area (Å²) in [6.45, 7) is 1.07. The van der Waals surface area contributed by atoms with Crippen LogP contribution < -0.4 is 15.4 Å². The van der Waals surface area contributed by atoms with Gasteiger partial charge in [0.15, 0.2) is 0 Å². The number of ether oxygens (including phenoxy) is 2. The lowest BCUT2D eigenvalue weighted by atomic mass is 10.2. The van der Waals surface area contributed by atoms with E-state index < -0.39 is 6.03 Å². The smallest absolute Gasteiger partial charge is 0.324 e. The molecular weight excluding hydrogens is 304 g/mol. The van der Waals surface area contributed by atoms with E-state index >= 15 is 0 Å². The number of imide groups is 1. The van der Waals surface area contributed by atoms with Gasteiger partial charge in [-0.3, -0.25) is 19.5 Å². The summed E-state index contributed by atoms with van der Waals surface area (Å²) in [7, 11) is 1.57. The van der Waals surface area contributed by atoms with E-state index in [0.29, 0.717) is 24.5 Å². The first kappa shape index (κ1) is 16.7. The van der Waals surface area contributed by atoms with Crippen LogP contribution in [0.3, 0.4) is 0 Å². The number of hydrogen-bond donors (Lipinski definition) is 2. The maximum Gasteiger partial charge on any atom is 0.324 e. The molecule has 0 unspecified atom stereocenters. The second kappa shape index (κ2) is 8.08. The number of pyridine rings is 1. The van der Waals surface area contributed by atoms with Crippen molar-refractivity contribution in [1.29, 1.82) is 0 Å². The van der Waals surface area contributed by atoms with E-state index in [1.54, 1.807) is 13.2 Å².